The lowest BCUT2D eigenvalue weighted by atomic mass is 9.98. The molecule has 3 heteroatoms. The van der Waals surface area contributed by atoms with Crippen LogP contribution in [0.15, 0.2) is 188 Å². The van der Waals surface area contributed by atoms with Crippen molar-refractivity contribution in [2.24, 2.45) is 0 Å². The Morgan fingerprint density at radius 3 is 1.43 bits per heavy atom. The minimum atomic E-state index is 0.739. The van der Waals surface area contributed by atoms with Crippen LogP contribution in [0.5, 0.6) is 0 Å². The molecule has 2 aromatic heterocycles. The lowest BCUT2D eigenvalue weighted by Gasteiger charge is -2.12. The molecule has 0 atom stereocenters. The summed E-state index contributed by atoms with van der Waals surface area (Å²) < 4.78 is 2.36. The Kier molecular flexibility index (Phi) is 6.81. The maximum absolute atomic E-state index is 5.18. The number of hydrogen-bond donors (Lipinski definition) is 0. The summed E-state index contributed by atoms with van der Waals surface area (Å²) in [4.78, 5) is 10.2. The van der Waals surface area contributed by atoms with E-state index in [9.17, 15) is 0 Å². The van der Waals surface area contributed by atoms with E-state index in [1.807, 2.05) is 6.07 Å². The minimum absolute atomic E-state index is 0.739. The molecular formula is C48H31N3. The predicted octanol–water partition coefficient (Wildman–Crippen LogP) is 12.5. The van der Waals surface area contributed by atoms with E-state index in [0.29, 0.717) is 0 Å². The molecule has 51 heavy (non-hydrogen) atoms. The normalized spacial score (nSPS) is 11.5. The van der Waals surface area contributed by atoms with Crippen LogP contribution in [0.3, 0.4) is 0 Å². The van der Waals surface area contributed by atoms with E-state index in [1.54, 1.807) is 0 Å². The average molecular weight is 650 g/mol. The van der Waals surface area contributed by atoms with E-state index in [1.165, 1.54) is 49.4 Å². The second-order valence-corrected chi connectivity index (χ2v) is 13.0. The average Bonchev–Trinajstić information content (AvgIpc) is 3.55. The third kappa shape index (κ3) is 4.98. The Labute approximate surface area is 295 Å². The van der Waals surface area contributed by atoms with E-state index in [0.717, 1.165) is 44.6 Å². The third-order valence-corrected chi connectivity index (χ3v) is 10.0. The van der Waals surface area contributed by atoms with Crippen LogP contribution in [0.1, 0.15) is 0 Å². The van der Waals surface area contributed by atoms with Crippen molar-refractivity contribution >= 4 is 43.5 Å². The summed E-state index contributed by atoms with van der Waals surface area (Å²) in [5.74, 6) is 0.739. The van der Waals surface area contributed by atoms with Crippen molar-refractivity contribution in [2.75, 3.05) is 0 Å². The summed E-state index contributed by atoms with van der Waals surface area (Å²) in [6, 6.07) is 66.8. The van der Waals surface area contributed by atoms with E-state index in [4.69, 9.17) is 9.97 Å². The molecule has 2 heterocycles. The highest BCUT2D eigenvalue weighted by molar-refractivity contribution is 6.09. The number of benzene rings is 8. The first-order valence-electron chi connectivity index (χ1n) is 17.3. The standard InChI is InChI=1S/C48H31N3/c1-2-12-39-36(10-1)11-9-16-42(39)48-49-44-17-6-3-15-43(44)47(50-48)37-26-24-34(25-27-37)32-20-22-33(23-21-32)35-28-30-38(31-29-35)51-45-18-7-4-13-40(45)41-14-5-8-19-46(41)51/h1-31H. The van der Waals surface area contributed by atoms with Crippen LogP contribution in [0.4, 0.5) is 0 Å². The molecule has 0 fully saturated rings. The molecule has 0 aliphatic rings. The molecule has 10 aromatic rings. The fraction of sp³-hybridized carbons (Fsp3) is 0. The summed E-state index contributed by atoms with van der Waals surface area (Å²) in [6.07, 6.45) is 0. The van der Waals surface area contributed by atoms with Gasteiger partial charge in [-0.2, -0.15) is 0 Å². The number of fused-ring (bicyclic) bond motifs is 5. The molecular weight excluding hydrogens is 619 g/mol. The maximum atomic E-state index is 5.18. The largest absolute Gasteiger partial charge is 0.309 e. The van der Waals surface area contributed by atoms with E-state index in [2.05, 4.69) is 187 Å². The molecule has 0 unspecified atom stereocenters. The van der Waals surface area contributed by atoms with Gasteiger partial charge >= 0.3 is 0 Å². The molecule has 0 aliphatic heterocycles. The van der Waals surface area contributed by atoms with Gasteiger partial charge < -0.3 is 4.57 Å². The monoisotopic (exact) mass is 649 g/mol. The summed E-state index contributed by atoms with van der Waals surface area (Å²) in [5.41, 5.74) is 12.3. The number of nitrogens with zero attached hydrogens (tertiary/aromatic N) is 3. The van der Waals surface area contributed by atoms with Gasteiger partial charge in [-0.1, -0.05) is 158 Å². The number of aromatic nitrogens is 3. The molecule has 0 aliphatic carbocycles. The molecule has 0 saturated heterocycles. The summed E-state index contributed by atoms with van der Waals surface area (Å²) in [6.45, 7) is 0. The van der Waals surface area contributed by atoms with Crippen LogP contribution < -0.4 is 0 Å². The zero-order valence-corrected chi connectivity index (χ0v) is 27.7. The Morgan fingerprint density at radius 2 is 0.804 bits per heavy atom. The van der Waals surface area contributed by atoms with Gasteiger partial charge in [0.15, 0.2) is 5.82 Å². The SMILES string of the molecule is c1ccc2c(-c3nc(-c4ccc(-c5ccc(-c6ccc(-n7c8ccccc8c8ccccc87)cc6)cc5)cc4)c4ccccc4n3)cccc2c1. The molecule has 0 amide bonds. The lowest BCUT2D eigenvalue weighted by Crippen LogP contribution is -1.96. The number of para-hydroxylation sites is 3. The van der Waals surface area contributed by atoms with Gasteiger partial charge in [-0.25, -0.2) is 9.97 Å². The van der Waals surface area contributed by atoms with Crippen molar-refractivity contribution in [2.45, 2.75) is 0 Å². The second-order valence-electron chi connectivity index (χ2n) is 13.0. The topological polar surface area (TPSA) is 30.7 Å². The van der Waals surface area contributed by atoms with Gasteiger partial charge in [-0.05, 0) is 63.4 Å². The Balaban J connectivity index is 0.952. The zero-order chi connectivity index (χ0) is 33.7. The molecule has 238 valence electrons. The second kappa shape index (κ2) is 11.9. The minimum Gasteiger partial charge on any atom is -0.309 e. The highest BCUT2D eigenvalue weighted by atomic mass is 15.0. The van der Waals surface area contributed by atoms with Crippen molar-refractivity contribution in [3.05, 3.63) is 188 Å². The first kappa shape index (κ1) is 29.1. The number of hydrogen-bond acceptors (Lipinski definition) is 2. The van der Waals surface area contributed by atoms with Gasteiger partial charge in [0.2, 0.25) is 0 Å². The maximum Gasteiger partial charge on any atom is 0.161 e. The van der Waals surface area contributed by atoms with Crippen LogP contribution in [-0.2, 0) is 0 Å². The van der Waals surface area contributed by atoms with Gasteiger partial charge in [0.25, 0.3) is 0 Å². The fourth-order valence-corrected chi connectivity index (χ4v) is 7.52. The van der Waals surface area contributed by atoms with Crippen molar-refractivity contribution in [3.63, 3.8) is 0 Å². The first-order chi connectivity index (χ1) is 25.3. The van der Waals surface area contributed by atoms with Crippen molar-refractivity contribution in [3.8, 4) is 50.6 Å². The molecule has 8 aromatic carbocycles. The molecule has 3 nitrogen and oxygen atoms in total. The van der Waals surface area contributed by atoms with Crippen LogP contribution >= 0.6 is 0 Å². The van der Waals surface area contributed by atoms with Crippen LogP contribution in [0, 0.1) is 0 Å². The molecule has 0 spiro atoms. The molecule has 0 radical (unpaired) electrons. The lowest BCUT2D eigenvalue weighted by molar-refractivity contribution is 1.18. The highest BCUT2D eigenvalue weighted by Crippen LogP contribution is 2.35. The van der Waals surface area contributed by atoms with Crippen molar-refractivity contribution < 1.29 is 0 Å². The summed E-state index contributed by atoms with van der Waals surface area (Å²) >= 11 is 0. The van der Waals surface area contributed by atoms with Gasteiger partial charge in [0.1, 0.15) is 0 Å². The van der Waals surface area contributed by atoms with Gasteiger partial charge in [-0.3, -0.25) is 0 Å². The molecule has 0 bridgehead atoms. The Morgan fingerprint density at radius 1 is 0.333 bits per heavy atom. The van der Waals surface area contributed by atoms with E-state index < -0.39 is 0 Å². The fourth-order valence-electron chi connectivity index (χ4n) is 7.52. The van der Waals surface area contributed by atoms with Gasteiger partial charge in [0, 0.05) is 33.0 Å². The van der Waals surface area contributed by atoms with E-state index in [-0.39, 0.29) is 0 Å². The highest BCUT2D eigenvalue weighted by Gasteiger charge is 2.14. The summed E-state index contributed by atoms with van der Waals surface area (Å²) in [5, 5.41) is 5.93. The first-order valence-corrected chi connectivity index (χ1v) is 17.3. The van der Waals surface area contributed by atoms with Crippen molar-refractivity contribution in [1.82, 2.24) is 14.5 Å². The quantitative estimate of drug-likeness (QED) is 0.186. The molecule has 0 saturated carbocycles. The van der Waals surface area contributed by atoms with Gasteiger partial charge in [-0.15, -0.1) is 0 Å². The third-order valence-electron chi connectivity index (χ3n) is 10.0. The molecule has 0 N–H and O–H groups in total. The Bertz CT molecular complexity index is 2820. The van der Waals surface area contributed by atoms with Crippen molar-refractivity contribution in [1.29, 1.82) is 0 Å². The Hall–Kier alpha value is -6.84. The zero-order valence-electron chi connectivity index (χ0n) is 27.7. The van der Waals surface area contributed by atoms with Crippen LogP contribution in [0.25, 0.3) is 94.1 Å². The molecule has 10 rings (SSSR count). The number of rotatable bonds is 5. The van der Waals surface area contributed by atoms with Crippen LogP contribution in [0.2, 0.25) is 0 Å². The predicted molar refractivity (Wildman–Crippen MR) is 213 cm³/mol. The van der Waals surface area contributed by atoms with E-state index >= 15 is 0 Å². The smallest absolute Gasteiger partial charge is 0.161 e. The van der Waals surface area contributed by atoms with Crippen LogP contribution in [-0.4, -0.2) is 14.5 Å². The summed E-state index contributed by atoms with van der Waals surface area (Å²) in [7, 11) is 0. The van der Waals surface area contributed by atoms with Gasteiger partial charge in [0.05, 0.1) is 22.2 Å².